The molecule has 1 aromatic carbocycles. The minimum atomic E-state index is -0.0722. The third-order valence-electron chi connectivity index (χ3n) is 4.41. The van der Waals surface area contributed by atoms with E-state index in [1.807, 2.05) is 49.8 Å². The van der Waals surface area contributed by atoms with Crippen molar-refractivity contribution in [1.82, 2.24) is 25.3 Å². The van der Waals surface area contributed by atoms with E-state index in [0.29, 0.717) is 25.7 Å². The fourth-order valence-electron chi connectivity index (χ4n) is 3.00. The molecule has 144 valence electrons. The first-order valence-corrected chi connectivity index (χ1v) is 9.02. The summed E-state index contributed by atoms with van der Waals surface area (Å²) in [5.41, 5.74) is 2.11. The molecule has 0 radical (unpaired) electrons. The van der Waals surface area contributed by atoms with E-state index in [1.54, 1.807) is 11.7 Å². The Labute approximate surface area is 159 Å². The number of rotatable bonds is 5. The van der Waals surface area contributed by atoms with Crippen molar-refractivity contribution in [2.75, 3.05) is 33.3 Å². The van der Waals surface area contributed by atoms with Gasteiger partial charge < -0.3 is 20.3 Å². The summed E-state index contributed by atoms with van der Waals surface area (Å²) in [4.78, 5) is 18.5. The van der Waals surface area contributed by atoms with Crippen molar-refractivity contribution < 1.29 is 9.53 Å². The van der Waals surface area contributed by atoms with Crippen molar-refractivity contribution in [3.63, 3.8) is 0 Å². The Hall–Kier alpha value is -2.87. The third-order valence-corrected chi connectivity index (χ3v) is 4.41. The normalized spacial score (nSPS) is 17.6. The molecule has 27 heavy (non-hydrogen) atoms. The summed E-state index contributed by atoms with van der Waals surface area (Å²) in [6, 6.07) is 9.84. The molecular formula is C19H26N6O2. The summed E-state index contributed by atoms with van der Waals surface area (Å²) in [5.74, 6) is 0.624. The number of aromatic nitrogens is 2. The summed E-state index contributed by atoms with van der Waals surface area (Å²) in [6.45, 7) is 2.68. The van der Waals surface area contributed by atoms with Crippen LogP contribution < -0.4 is 10.6 Å². The number of nitrogens with one attached hydrogen (secondary N) is 2. The standard InChI is InChI=1S/C19H26N6O2/c1-20-19(22-12-18(26)21-10-15-6-4-3-5-7-15)25-8-9-27-17(14-25)16-11-23-24(2)13-16/h3-7,11,13,17H,8-10,12,14H2,1-2H3,(H,20,22)(H,21,26). The second-order valence-electron chi connectivity index (χ2n) is 6.42. The molecule has 1 fully saturated rings. The Morgan fingerprint density at radius 1 is 1.33 bits per heavy atom. The highest BCUT2D eigenvalue weighted by Gasteiger charge is 2.25. The monoisotopic (exact) mass is 370 g/mol. The molecule has 1 aromatic heterocycles. The van der Waals surface area contributed by atoms with Crippen LogP contribution in [0.4, 0.5) is 0 Å². The quantitative estimate of drug-likeness (QED) is 0.598. The number of aliphatic imine (C=N–C) groups is 1. The van der Waals surface area contributed by atoms with Crippen LogP contribution in [0.15, 0.2) is 47.7 Å². The zero-order valence-electron chi connectivity index (χ0n) is 15.8. The molecule has 2 aromatic rings. The van der Waals surface area contributed by atoms with E-state index in [2.05, 4.69) is 25.6 Å². The lowest BCUT2D eigenvalue weighted by molar-refractivity contribution is -0.120. The molecule has 0 bridgehead atoms. The highest BCUT2D eigenvalue weighted by Crippen LogP contribution is 2.21. The molecule has 0 aliphatic carbocycles. The minimum absolute atomic E-state index is 0.0575. The van der Waals surface area contributed by atoms with Gasteiger partial charge in [-0.2, -0.15) is 5.10 Å². The van der Waals surface area contributed by atoms with Crippen LogP contribution in [0.1, 0.15) is 17.2 Å². The SMILES string of the molecule is CN=C(NCC(=O)NCc1ccccc1)N1CCOC(c2cnn(C)c2)C1. The lowest BCUT2D eigenvalue weighted by atomic mass is 10.1. The van der Waals surface area contributed by atoms with Gasteiger partial charge in [0.1, 0.15) is 6.10 Å². The number of aryl methyl sites for hydroxylation is 1. The molecule has 0 spiro atoms. The van der Waals surface area contributed by atoms with Gasteiger partial charge in [0.25, 0.3) is 0 Å². The van der Waals surface area contributed by atoms with Gasteiger partial charge in [-0.25, -0.2) is 0 Å². The number of carbonyl (C=O) groups is 1. The molecule has 8 heteroatoms. The van der Waals surface area contributed by atoms with Gasteiger partial charge in [0.15, 0.2) is 5.96 Å². The summed E-state index contributed by atoms with van der Waals surface area (Å²) in [7, 11) is 3.61. The van der Waals surface area contributed by atoms with Crippen molar-refractivity contribution in [3.05, 3.63) is 53.9 Å². The van der Waals surface area contributed by atoms with Crippen molar-refractivity contribution >= 4 is 11.9 Å². The smallest absolute Gasteiger partial charge is 0.239 e. The lowest BCUT2D eigenvalue weighted by Crippen LogP contribution is -2.50. The Balaban J connectivity index is 1.48. The number of ether oxygens (including phenoxy) is 1. The summed E-state index contributed by atoms with van der Waals surface area (Å²) < 4.78 is 7.62. The maximum absolute atomic E-state index is 12.1. The van der Waals surface area contributed by atoms with E-state index in [4.69, 9.17) is 4.74 Å². The largest absolute Gasteiger partial charge is 0.370 e. The fraction of sp³-hybridized carbons (Fsp3) is 0.421. The van der Waals surface area contributed by atoms with Crippen LogP contribution in [0.2, 0.25) is 0 Å². The third kappa shape index (κ3) is 5.30. The number of carbonyl (C=O) groups excluding carboxylic acids is 1. The zero-order valence-corrected chi connectivity index (χ0v) is 15.8. The maximum Gasteiger partial charge on any atom is 0.239 e. The number of nitrogens with zero attached hydrogens (tertiary/aromatic N) is 4. The molecule has 2 N–H and O–H groups in total. The summed E-state index contributed by atoms with van der Waals surface area (Å²) in [5, 5.41) is 10.3. The van der Waals surface area contributed by atoms with Crippen LogP contribution >= 0.6 is 0 Å². The van der Waals surface area contributed by atoms with Gasteiger partial charge in [-0.05, 0) is 5.56 Å². The van der Waals surface area contributed by atoms with Gasteiger partial charge in [-0.1, -0.05) is 30.3 Å². The first-order chi connectivity index (χ1) is 13.2. The Morgan fingerprint density at radius 3 is 2.85 bits per heavy atom. The van der Waals surface area contributed by atoms with Gasteiger partial charge in [-0.15, -0.1) is 0 Å². The fourth-order valence-corrected chi connectivity index (χ4v) is 3.00. The van der Waals surface area contributed by atoms with E-state index in [0.717, 1.165) is 17.7 Å². The minimum Gasteiger partial charge on any atom is -0.370 e. The van der Waals surface area contributed by atoms with Gasteiger partial charge >= 0.3 is 0 Å². The van der Waals surface area contributed by atoms with Crippen LogP contribution in [-0.2, 0) is 23.1 Å². The van der Waals surface area contributed by atoms with Gasteiger partial charge in [0, 0.05) is 38.9 Å². The molecule has 3 rings (SSSR count). The van der Waals surface area contributed by atoms with Crippen LogP contribution in [0, 0.1) is 0 Å². The predicted octanol–water partition coefficient (Wildman–Crippen LogP) is 0.685. The van der Waals surface area contributed by atoms with Gasteiger partial charge in [0.2, 0.25) is 5.91 Å². The van der Waals surface area contributed by atoms with Gasteiger partial charge in [-0.3, -0.25) is 14.5 Å². The average Bonchev–Trinajstić information content (AvgIpc) is 3.14. The van der Waals surface area contributed by atoms with Crippen LogP contribution in [0.25, 0.3) is 0 Å². The van der Waals surface area contributed by atoms with Crippen molar-refractivity contribution in [2.24, 2.45) is 12.0 Å². The van der Waals surface area contributed by atoms with E-state index < -0.39 is 0 Å². The number of amides is 1. The van der Waals surface area contributed by atoms with Crippen molar-refractivity contribution in [3.8, 4) is 0 Å². The predicted molar refractivity (Wildman–Crippen MR) is 103 cm³/mol. The summed E-state index contributed by atoms with van der Waals surface area (Å²) in [6.07, 6.45) is 3.72. The number of morpholine rings is 1. The van der Waals surface area contributed by atoms with E-state index in [1.165, 1.54) is 0 Å². The molecule has 0 saturated carbocycles. The Kier molecular flexibility index (Phi) is 6.43. The molecule has 8 nitrogen and oxygen atoms in total. The topological polar surface area (TPSA) is 83.8 Å². The number of guanidine groups is 1. The number of benzene rings is 1. The van der Waals surface area contributed by atoms with Gasteiger partial charge in [0.05, 0.1) is 25.9 Å². The van der Waals surface area contributed by atoms with Crippen molar-refractivity contribution in [1.29, 1.82) is 0 Å². The lowest BCUT2D eigenvalue weighted by Gasteiger charge is -2.34. The van der Waals surface area contributed by atoms with Crippen molar-refractivity contribution in [2.45, 2.75) is 12.6 Å². The molecule has 1 aliphatic heterocycles. The van der Waals surface area contributed by atoms with Crippen LogP contribution in [0.5, 0.6) is 0 Å². The molecule has 1 amide bonds. The first-order valence-electron chi connectivity index (χ1n) is 9.02. The van der Waals surface area contributed by atoms with E-state index in [-0.39, 0.29) is 18.6 Å². The zero-order chi connectivity index (χ0) is 19.1. The molecule has 1 atom stereocenters. The van der Waals surface area contributed by atoms with E-state index in [9.17, 15) is 4.79 Å². The molecule has 1 saturated heterocycles. The number of hydrogen-bond acceptors (Lipinski definition) is 4. The molecule has 2 heterocycles. The Bertz CT molecular complexity index is 774. The molecule has 1 aliphatic rings. The van der Waals surface area contributed by atoms with E-state index >= 15 is 0 Å². The molecule has 1 unspecified atom stereocenters. The second kappa shape index (κ2) is 9.18. The highest BCUT2D eigenvalue weighted by molar-refractivity contribution is 5.86. The Morgan fingerprint density at radius 2 is 2.15 bits per heavy atom. The first kappa shape index (κ1) is 18.9. The van der Waals surface area contributed by atoms with Crippen LogP contribution in [-0.4, -0.2) is 59.8 Å². The molecular weight excluding hydrogens is 344 g/mol. The summed E-state index contributed by atoms with van der Waals surface area (Å²) >= 11 is 0. The average molecular weight is 370 g/mol. The number of hydrogen-bond donors (Lipinski definition) is 2. The maximum atomic E-state index is 12.1. The van der Waals surface area contributed by atoms with Crippen LogP contribution in [0.3, 0.4) is 0 Å². The highest BCUT2D eigenvalue weighted by atomic mass is 16.5. The second-order valence-corrected chi connectivity index (χ2v) is 6.42.